The van der Waals surface area contributed by atoms with Gasteiger partial charge in [0.2, 0.25) is 0 Å². The number of hydrogen-bond donors (Lipinski definition) is 1. The van der Waals surface area contributed by atoms with E-state index in [4.69, 9.17) is 5.73 Å². The van der Waals surface area contributed by atoms with Crippen LogP contribution in [0.5, 0.6) is 0 Å². The molecule has 0 bridgehead atoms. The molecule has 0 saturated carbocycles. The third-order valence-corrected chi connectivity index (χ3v) is 3.37. The molecule has 0 aliphatic carbocycles. The van der Waals surface area contributed by atoms with Gasteiger partial charge >= 0.3 is 0 Å². The van der Waals surface area contributed by atoms with Gasteiger partial charge in [-0.2, -0.15) is 0 Å². The Morgan fingerprint density at radius 1 is 1.10 bits per heavy atom. The molecule has 104 valence electrons. The van der Waals surface area contributed by atoms with Crippen molar-refractivity contribution in [2.45, 2.75) is 27.2 Å². The zero-order chi connectivity index (χ0) is 14.7. The number of nitrogens with two attached hydrogens (primary N) is 1. The van der Waals surface area contributed by atoms with Crippen molar-refractivity contribution in [3.05, 3.63) is 64.7 Å². The molecule has 0 atom stereocenters. The van der Waals surface area contributed by atoms with Gasteiger partial charge in [-0.05, 0) is 42.5 Å². The molecule has 0 unspecified atom stereocenters. The van der Waals surface area contributed by atoms with Crippen LogP contribution in [0.25, 0.3) is 0 Å². The van der Waals surface area contributed by atoms with Gasteiger partial charge in [0.05, 0.1) is 0 Å². The molecule has 2 heteroatoms. The lowest BCUT2D eigenvalue weighted by atomic mass is 9.96. The minimum atomic E-state index is 0.0299. The summed E-state index contributed by atoms with van der Waals surface area (Å²) < 4.78 is 0. The molecule has 2 nitrogen and oxygen atoms in total. The highest BCUT2D eigenvalue weighted by atomic mass is 16.1. The zero-order valence-electron chi connectivity index (χ0n) is 12.3. The average molecular weight is 267 g/mol. The number of anilines is 1. The summed E-state index contributed by atoms with van der Waals surface area (Å²) in [6, 6.07) is 13.3. The smallest absolute Gasteiger partial charge is 0.193 e. The Hall–Kier alpha value is -2.09. The van der Waals surface area contributed by atoms with Crippen LogP contribution in [0, 0.1) is 12.8 Å². The van der Waals surface area contributed by atoms with Gasteiger partial charge in [0.1, 0.15) is 0 Å². The number of ketones is 1. The Balaban J connectivity index is 2.30. The molecular formula is C18H21NO. The number of hydrogen-bond acceptors (Lipinski definition) is 2. The van der Waals surface area contributed by atoms with Crippen molar-refractivity contribution in [3.63, 3.8) is 0 Å². The van der Waals surface area contributed by atoms with E-state index in [1.54, 1.807) is 6.07 Å². The van der Waals surface area contributed by atoms with Crippen molar-refractivity contribution in [2.24, 2.45) is 5.92 Å². The largest absolute Gasteiger partial charge is 0.398 e. The first-order chi connectivity index (χ1) is 9.47. The first-order valence-electron chi connectivity index (χ1n) is 6.97. The number of carbonyl (C=O) groups is 1. The minimum Gasteiger partial charge on any atom is -0.398 e. The second-order valence-electron chi connectivity index (χ2n) is 5.70. The summed E-state index contributed by atoms with van der Waals surface area (Å²) in [5.41, 5.74) is 10.1. The van der Waals surface area contributed by atoms with Gasteiger partial charge in [0, 0.05) is 16.8 Å². The van der Waals surface area contributed by atoms with Crippen molar-refractivity contribution in [1.82, 2.24) is 0 Å². The fourth-order valence-electron chi connectivity index (χ4n) is 2.26. The molecule has 2 aromatic rings. The fraction of sp³-hybridized carbons (Fsp3) is 0.278. The van der Waals surface area contributed by atoms with E-state index in [2.05, 4.69) is 19.9 Å². The van der Waals surface area contributed by atoms with Crippen LogP contribution in [0.2, 0.25) is 0 Å². The fourth-order valence-corrected chi connectivity index (χ4v) is 2.26. The van der Waals surface area contributed by atoms with Crippen molar-refractivity contribution >= 4 is 11.5 Å². The van der Waals surface area contributed by atoms with Crippen LogP contribution in [0.15, 0.2) is 42.5 Å². The quantitative estimate of drug-likeness (QED) is 0.672. The van der Waals surface area contributed by atoms with E-state index < -0.39 is 0 Å². The Morgan fingerprint density at radius 3 is 2.45 bits per heavy atom. The summed E-state index contributed by atoms with van der Waals surface area (Å²) in [7, 11) is 0. The summed E-state index contributed by atoms with van der Waals surface area (Å²) in [6.45, 7) is 6.29. The maximum atomic E-state index is 12.5. The first kappa shape index (κ1) is 14.3. The van der Waals surface area contributed by atoms with Crippen LogP contribution in [0.1, 0.15) is 40.9 Å². The molecule has 0 aliphatic rings. The number of benzene rings is 2. The summed E-state index contributed by atoms with van der Waals surface area (Å²) in [6.07, 6.45) is 0.983. The lowest BCUT2D eigenvalue weighted by Gasteiger charge is -2.08. The van der Waals surface area contributed by atoms with Crippen molar-refractivity contribution in [3.8, 4) is 0 Å². The van der Waals surface area contributed by atoms with Crippen LogP contribution in [-0.4, -0.2) is 5.78 Å². The normalized spacial score (nSPS) is 10.8. The maximum absolute atomic E-state index is 12.5. The Morgan fingerprint density at radius 2 is 1.80 bits per heavy atom. The van der Waals surface area contributed by atoms with Crippen LogP contribution >= 0.6 is 0 Å². The third kappa shape index (κ3) is 3.27. The van der Waals surface area contributed by atoms with Gasteiger partial charge in [-0.1, -0.05) is 44.2 Å². The van der Waals surface area contributed by atoms with Crippen LogP contribution in [0.3, 0.4) is 0 Å². The predicted molar refractivity (Wildman–Crippen MR) is 84.0 cm³/mol. The van der Waals surface area contributed by atoms with E-state index in [-0.39, 0.29) is 5.78 Å². The lowest BCUT2D eigenvalue weighted by molar-refractivity contribution is 0.103. The first-order valence-corrected chi connectivity index (χ1v) is 6.97. The molecule has 0 heterocycles. The zero-order valence-corrected chi connectivity index (χ0v) is 12.3. The molecule has 0 radical (unpaired) electrons. The van der Waals surface area contributed by atoms with Crippen molar-refractivity contribution in [2.75, 3.05) is 5.73 Å². The van der Waals surface area contributed by atoms with Crippen molar-refractivity contribution < 1.29 is 4.79 Å². The molecule has 0 aromatic heterocycles. The van der Waals surface area contributed by atoms with Crippen LogP contribution in [-0.2, 0) is 6.42 Å². The Bertz CT molecular complexity index is 629. The molecule has 2 N–H and O–H groups in total. The summed E-state index contributed by atoms with van der Waals surface area (Å²) in [5, 5.41) is 0. The van der Waals surface area contributed by atoms with Gasteiger partial charge < -0.3 is 5.73 Å². The van der Waals surface area contributed by atoms with Crippen LogP contribution in [0.4, 0.5) is 5.69 Å². The molecule has 2 rings (SSSR count). The summed E-state index contributed by atoms with van der Waals surface area (Å²) in [4.78, 5) is 12.5. The number of rotatable bonds is 4. The van der Waals surface area contributed by atoms with E-state index in [9.17, 15) is 4.79 Å². The number of aryl methyl sites for hydroxylation is 1. The molecular weight excluding hydrogens is 246 g/mol. The molecule has 0 spiro atoms. The molecule has 0 amide bonds. The second-order valence-corrected chi connectivity index (χ2v) is 5.70. The van der Waals surface area contributed by atoms with Gasteiger partial charge in [0.25, 0.3) is 0 Å². The second kappa shape index (κ2) is 5.91. The molecule has 0 fully saturated rings. The van der Waals surface area contributed by atoms with Gasteiger partial charge in [-0.15, -0.1) is 0 Å². The summed E-state index contributed by atoms with van der Waals surface area (Å²) in [5.74, 6) is 0.609. The third-order valence-electron chi connectivity index (χ3n) is 3.37. The Labute approximate surface area is 120 Å². The maximum Gasteiger partial charge on any atom is 0.193 e. The van der Waals surface area contributed by atoms with E-state index in [0.717, 1.165) is 17.5 Å². The SMILES string of the molecule is Cc1ccc(C(=O)c2cccc(CC(C)C)c2)cc1N. The number of carbonyl (C=O) groups excluding carboxylic acids is 1. The molecule has 0 aliphatic heterocycles. The van der Waals surface area contributed by atoms with Gasteiger partial charge in [-0.25, -0.2) is 0 Å². The van der Waals surface area contributed by atoms with E-state index in [1.807, 2.05) is 37.3 Å². The Kier molecular flexibility index (Phi) is 4.23. The van der Waals surface area contributed by atoms with Gasteiger partial charge in [0.15, 0.2) is 5.78 Å². The lowest BCUT2D eigenvalue weighted by Crippen LogP contribution is -2.04. The highest BCUT2D eigenvalue weighted by molar-refractivity contribution is 6.09. The topological polar surface area (TPSA) is 43.1 Å². The highest BCUT2D eigenvalue weighted by Crippen LogP contribution is 2.18. The highest BCUT2D eigenvalue weighted by Gasteiger charge is 2.11. The monoisotopic (exact) mass is 267 g/mol. The molecule has 0 saturated heterocycles. The van der Waals surface area contributed by atoms with E-state index in [1.165, 1.54) is 5.56 Å². The van der Waals surface area contributed by atoms with Crippen LogP contribution < -0.4 is 5.73 Å². The molecule has 20 heavy (non-hydrogen) atoms. The van der Waals surface area contributed by atoms with E-state index >= 15 is 0 Å². The standard InChI is InChI=1S/C18H21NO/c1-12(2)9-14-5-4-6-15(10-14)18(20)16-8-7-13(3)17(19)11-16/h4-8,10-12H,9,19H2,1-3H3. The predicted octanol–water partition coefficient (Wildman–Crippen LogP) is 4.01. The van der Waals surface area contributed by atoms with Gasteiger partial charge in [-0.3, -0.25) is 4.79 Å². The summed E-state index contributed by atoms with van der Waals surface area (Å²) >= 11 is 0. The minimum absolute atomic E-state index is 0.0299. The van der Waals surface area contributed by atoms with E-state index in [0.29, 0.717) is 17.2 Å². The molecule has 2 aromatic carbocycles. The average Bonchev–Trinajstić information content (AvgIpc) is 2.40. The van der Waals surface area contributed by atoms with Crippen molar-refractivity contribution in [1.29, 1.82) is 0 Å². The number of nitrogen functional groups attached to an aromatic ring is 1.